The molecule has 0 aromatic carbocycles. The molecule has 0 heterocycles. The van der Waals surface area contributed by atoms with Gasteiger partial charge in [-0.15, -0.1) is 0 Å². The molecule has 0 radical (unpaired) electrons. The summed E-state index contributed by atoms with van der Waals surface area (Å²) >= 11 is 0. The van der Waals surface area contributed by atoms with Crippen LogP contribution in [0.25, 0.3) is 0 Å². The minimum atomic E-state index is -0.792. The van der Waals surface area contributed by atoms with Crippen molar-refractivity contribution in [1.82, 2.24) is 0 Å². The Hall–Kier alpha value is -4.71. The maximum absolute atomic E-state index is 12.8. The Morgan fingerprint density at radius 3 is 0.753 bits per heavy atom. The number of rotatable bonds is 59. The van der Waals surface area contributed by atoms with Crippen molar-refractivity contribution in [2.75, 3.05) is 13.2 Å². The Morgan fingerprint density at radius 1 is 0.259 bits per heavy atom. The standard InChI is InChI=1S/C75H122O6/c1-4-7-10-13-15-17-19-21-23-25-27-29-31-32-33-34-35-36-37-38-39-40-41-42-44-45-47-49-51-53-55-57-59-62-65-68-74(77)80-71-72(70-79-73(76)67-64-61-12-9-6-3)81-75(78)69-66-63-60-58-56-54-52-50-48-46-43-30-28-26-24-22-20-18-16-14-11-8-5-2/h7-8,10-11,15-18,21-24,27-30,32-33,35-36,46,48,52,54,72H,4-6,9,12-14,19-20,25-26,31,34,37-45,47,49-51,53,55-71H2,1-3H3/b10-7-,11-8-,17-15-,18-16-,23-21-,24-22-,29-27-,30-28-,33-32-,36-35-,48-46-,54-52-. The second-order valence-electron chi connectivity index (χ2n) is 21.6. The zero-order valence-corrected chi connectivity index (χ0v) is 52.5. The lowest BCUT2D eigenvalue weighted by atomic mass is 10.0. The predicted molar refractivity (Wildman–Crippen MR) is 352 cm³/mol. The number of allylic oxidation sites excluding steroid dienone is 24. The van der Waals surface area contributed by atoms with E-state index in [0.717, 1.165) is 161 Å². The number of esters is 3. The summed E-state index contributed by atoms with van der Waals surface area (Å²) in [6, 6.07) is 0. The third kappa shape index (κ3) is 66.0. The summed E-state index contributed by atoms with van der Waals surface area (Å²) in [5.41, 5.74) is 0. The molecule has 0 fully saturated rings. The molecule has 0 aliphatic carbocycles. The summed E-state index contributed by atoms with van der Waals surface area (Å²) in [5.74, 6) is -0.928. The van der Waals surface area contributed by atoms with E-state index in [9.17, 15) is 14.4 Å². The van der Waals surface area contributed by atoms with Crippen LogP contribution in [0.15, 0.2) is 146 Å². The van der Waals surface area contributed by atoms with E-state index in [1.54, 1.807) is 0 Å². The van der Waals surface area contributed by atoms with E-state index < -0.39 is 6.10 Å². The van der Waals surface area contributed by atoms with Gasteiger partial charge in [0.1, 0.15) is 13.2 Å². The van der Waals surface area contributed by atoms with Crippen LogP contribution in [0.2, 0.25) is 0 Å². The van der Waals surface area contributed by atoms with Crippen LogP contribution in [0, 0.1) is 0 Å². The van der Waals surface area contributed by atoms with Gasteiger partial charge in [-0.2, -0.15) is 0 Å². The molecular weight excluding hydrogens is 997 g/mol. The topological polar surface area (TPSA) is 78.9 Å². The third-order valence-electron chi connectivity index (χ3n) is 13.8. The molecule has 0 aromatic heterocycles. The first kappa shape index (κ1) is 76.3. The van der Waals surface area contributed by atoms with E-state index in [-0.39, 0.29) is 31.1 Å². The minimum Gasteiger partial charge on any atom is -0.462 e. The zero-order chi connectivity index (χ0) is 58.5. The first-order chi connectivity index (χ1) is 40.0. The normalized spacial score (nSPS) is 13.1. The van der Waals surface area contributed by atoms with Crippen molar-refractivity contribution < 1.29 is 28.6 Å². The molecule has 1 atom stereocenters. The number of carbonyl (C=O) groups excluding carboxylic acids is 3. The summed E-state index contributed by atoms with van der Waals surface area (Å²) in [5, 5.41) is 0. The molecule has 0 aromatic rings. The fraction of sp³-hybridized carbons (Fsp3) is 0.640. The van der Waals surface area contributed by atoms with Crippen LogP contribution in [-0.2, 0) is 28.6 Å². The first-order valence-electron chi connectivity index (χ1n) is 33.3. The molecule has 0 aliphatic heterocycles. The molecule has 0 bridgehead atoms. The molecule has 0 spiro atoms. The predicted octanol–water partition coefficient (Wildman–Crippen LogP) is 23.1. The summed E-state index contributed by atoms with van der Waals surface area (Å²) in [4.78, 5) is 38.0. The summed E-state index contributed by atoms with van der Waals surface area (Å²) in [6.07, 6.45) is 97.7. The molecule has 0 saturated heterocycles. The highest BCUT2D eigenvalue weighted by atomic mass is 16.6. The SMILES string of the molecule is CC/C=C\C/C=C\C/C=C\C/C=C\C/C=C\C/C=C\CCCCCCCCCCCCCCCCCCC(=O)OCC(COC(=O)CCCCCCC)OC(=O)CCCCCC/C=C\C/C=C\C/C=C\C/C=C\C/C=C\C/C=C\CC. The van der Waals surface area contributed by atoms with Crippen LogP contribution >= 0.6 is 0 Å². The molecule has 0 N–H and O–H groups in total. The molecular formula is C75H122O6. The second kappa shape index (κ2) is 67.8. The largest absolute Gasteiger partial charge is 0.462 e. The maximum Gasteiger partial charge on any atom is 0.306 e. The fourth-order valence-electron chi connectivity index (χ4n) is 8.92. The highest BCUT2D eigenvalue weighted by Crippen LogP contribution is 2.16. The molecule has 0 amide bonds. The van der Waals surface area contributed by atoms with E-state index >= 15 is 0 Å². The molecule has 6 nitrogen and oxygen atoms in total. The smallest absolute Gasteiger partial charge is 0.306 e. The van der Waals surface area contributed by atoms with Gasteiger partial charge in [-0.25, -0.2) is 0 Å². The van der Waals surface area contributed by atoms with Crippen molar-refractivity contribution in [3.05, 3.63) is 146 Å². The Kier molecular flexibility index (Phi) is 63.9. The van der Waals surface area contributed by atoms with Crippen molar-refractivity contribution >= 4 is 17.9 Å². The molecule has 0 rings (SSSR count). The van der Waals surface area contributed by atoms with Crippen molar-refractivity contribution in [3.63, 3.8) is 0 Å². The Morgan fingerprint density at radius 2 is 0.481 bits per heavy atom. The summed E-state index contributed by atoms with van der Waals surface area (Å²) in [6.45, 7) is 6.31. The van der Waals surface area contributed by atoms with Crippen molar-refractivity contribution in [2.24, 2.45) is 0 Å². The van der Waals surface area contributed by atoms with Crippen LogP contribution in [0.1, 0.15) is 290 Å². The lowest BCUT2D eigenvalue weighted by Crippen LogP contribution is -2.30. The second-order valence-corrected chi connectivity index (χ2v) is 21.6. The number of ether oxygens (including phenoxy) is 3. The fourth-order valence-corrected chi connectivity index (χ4v) is 8.92. The molecule has 0 saturated carbocycles. The lowest BCUT2D eigenvalue weighted by molar-refractivity contribution is -0.167. The Balaban J connectivity index is 4.03. The monoisotopic (exact) mass is 1120 g/mol. The quantitative estimate of drug-likeness (QED) is 0.0261. The Labute approximate surface area is 499 Å². The van der Waals surface area contributed by atoms with Crippen molar-refractivity contribution in [1.29, 1.82) is 0 Å². The first-order valence-corrected chi connectivity index (χ1v) is 33.3. The number of unbranched alkanes of at least 4 members (excludes halogenated alkanes) is 24. The van der Waals surface area contributed by atoms with Gasteiger partial charge in [0.25, 0.3) is 0 Å². The zero-order valence-electron chi connectivity index (χ0n) is 52.5. The Bertz CT molecular complexity index is 1760. The van der Waals surface area contributed by atoms with Gasteiger partial charge < -0.3 is 14.2 Å². The van der Waals surface area contributed by atoms with E-state index in [2.05, 4.69) is 167 Å². The van der Waals surface area contributed by atoms with E-state index in [1.165, 1.54) is 89.9 Å². The van der Waals surface area contributed by atoms with Gasteiger partial charge in [0.05, 0.1) is 0 Å². The lowest BCUT2D eigenvalue weighted by Gasteiger charge is -2.18. The third-order valence-corrected chi connectivity index (χ3v) is 13.8. The van der Waals surface area contributed by atoms with Gasteiger partial charge in [0.2, 0.25) is 0 Å². The average Bonchev–Trinajstić information content (AvgIpc) is 3.47. The van der Waals surface area contributed by atoms with Crippen LogP contribution in [0.5, 0.6) is 0 Å². The van der Waals surface area contributed by atoms with Crippen molar-refractivity contribution in [3.8, 4) is 0 Å². The van der Waals surface area contributed by atoms with Gasteiger partial charge in [-0.1, -0.05) is 295 Å². The van der Waals surface area contributed by atoms with E-state index in [4.69, 9.17) is 14.2 Å². The van der Waals surface area contributed by atoms with Gasteiger partial charge in [-0.05, 0) is 122 Å². The van der Waals surface area contributed by atoms with Crippen molar-refractivity contribution in [2.45, 2.75) is 297 Å². The summed E-state index contributed by atoms with van der Waals surface area (Å²) in [7, 11) is 0. The van der Waals surface area contributed by atoms with E-state index in [0.29, 0.717) is 19.3 Å². The number of carbonyl (C=O) groups is 3. The molecule has 6 heteroatoms. The van der Waals surface area contributed by atoms with Gasteiger partial charge in [0, 0.05) is 19.3 Å². The van der Waals surface area contributed by atoms with Gasteiger partial charge in [0.15, 0.2) is 6.10 Å². The molecule has 81 heavy (non-hydrogen) atoms. The van der Waals surface area contributed by atoms with Crippen LogP contribution in [0.3, 0.4) is 0 Å². The van der Waals surface area contributed by atoms with Gasteiger partial charge in [-0.3, -0.25) is 14.4 Å². The molecule has 1 unspecified atom stereocenters. The van der Waals surface area contributed by atoms with Crippen LogP contribution in [0.4, 0.5) is 0 Å². The maximum atomic E-state index is 12.8. The van der Waals surface area contributed by atoms with E-state index in [1.807, 2.05) is 0 Å². The average molecular weight is 1120 g/mol. The number of hydrogen-bond acceptors (Lipinski definition) is 6. The molecule has 0 aliphatic rings. The highest BCUT2D eigenvalue weighted by Gasteiger charge is 2.19. The minimum absolute atomic E-state index is 0.0906. The van der Waals surface area contributed by atoms with Crippen LogP contribution < -0.4 is 0 Å². The van der Waals surface area contributed by atoms with Gasteiger partial charge >= 0.3 is 17.9 Å². The summed E-state index contributed by atoms with van der Waals surface area (Å²) < 4.78 is 16.8. The van der Waals surface area contributed by atoms with Crippen LogP contribution in [-0.4, -0.2) is 37.2 Å². The number of hydrogen-bond donors (Lipinski definition) is 0. The highest BCUT2D eigenvalue weighted by molar-refractivity contribution is 5.71. The molecule has 458 valence electrons.